The molecule has 0 aliphatic carbocycles. The Balaban J connectivity index is 3.04. The predicted molar refractivity (Wildman–Crippen MR) is 78.8 cm³/mol. The van der Waals surface area contributed by atoms with Gasteiger partial charge in [0.1, 0.15) is 4.99 Å². The van der Waals surface area contributed by atoms with Gasteiger partial charge in [0.05, 0.1) is 0 Å². The van der Waals surface area contributed by atoms with Gasteiger partial charge in [0.25, 0.3) is 5.91 Å². The van der Waals surface area contributed by atoms with Gasteiger partial charge in [-0.05, 0) is 32.4 Å². The quantitative estimate of drug-likeness (QED) is 0.850. The van der Waals surface area contributed by atoms with Crippen LogP contribution in [0.3, 0.4) is 0 Å². The fourth-order valence-electron chi connectivity index (χ4n) is 1.51. The second-order valence-electron chi connectivity index (χ2n) is 4.98. The Hall–Kier alpha value is -1.42. The number of hydrogen-bond acceptors (Lipinski definition) is 2. The van der Waals surface area contributed by atoms with Gasteiger partial charge in [0.15, 0.2) is 0 Å². The maximum absolute atomic E-state index is 12.4. The zero-order valence-corrected chi connectivity index (χ0v) is 12.2. The molecule has 0 atom stereocenters. The highest BCUT2D eigenvalue weighted by atomic mass is 32.1. The molecule has 0 radical (unpaired) electrons. The lowest BCUT2D eigenvalue weighted by molar-refractivity contribution is 0.0620. The van der Waals surface area contributed by atoms with Crippen molar-refractivity contribution in [2.45, 2.75) is 32.7 Å². The molecule has 0 unspecified atom stereocenters. The molecular formula is C14H20N2OS. The summed E-state index contributed by atoms with van der Waals surface area (Å²) < 4.78 is 0. The van der Waals surface area contributed by atoms with E-state index in [-0.39, 0.29) is 11.4 Å². The first-order chi connectivity index (χ1) is 8.29. The van der Waals surface area contributed by atoms with Crippen molar-refractivity contribution in [3.8, 4) is 0 Å². The highest BCUT2D eigenvalue weighted by Crippen LogP contribution is 2.19. The lowest BCUT2D eigenvalue weighted by atomic mass is 9.98. The minimum absolute atomic E-state index is 0.0139. The van der Waals surface area contributed by atoms with Crippen LogP contribution in [-0.4, -0.2) is 28.4 Å². The van der Waals surface area contributed by atoms with Crippen molar-refractivity contribution in [2.24, 2.45) is 5.73 Å². The molecule has 4 heteroatoms. The number of hydrogen-bond donors (Lipinski definition) is 1. The van der Waals surface area contributed by atoms with Crippen molar-refractivity contribution >= 4 is 23.1 Å². The molecule has 0 heterocycles. The van der Waals surface area contributed by atoms with E-state index in [1.165, 1.54) is 0 Å². The summed E-state index contributed by atoms with van der Waals surface area (Å²) in [6.45, 7) is 6.15. The maximum Gasteiger partial charge on any atom is 0.254 e. The number of carbonyl (C=O) groups is 1. The van der Waals surface area contributed by atoms with Crippen LogP contribution in [0.25, 0.3) is 0 Å². The van der Waals surface area contributed by atoms with Gasteiger partial charge < -0.3 is 10.6 Å². The Morgan fingerprint density at radius 1 is 1.39 bits per heavy atom. The van der Waals surface area contributed by atoms with E-state index >= 15 is 0 Å². The van der Waals surface area contributed by atoms with Crippen LogP contribution >= 0.6 is 12.2 Å². The summed E-state index contributed by atoms with van der Waals surface area (Å²) in [5.74, 6) is -0.0139. The average molecular weight is 264 g/mol. The van der Waals surface area contributed by atoms with Gasteiger partial charge in [-0.2, -0.15) is 0 Å². The van der Waals surface area contributed by atoms with Gasteiger partial charge in [-0.3, -0.25) is 4.79 Å². The van der Waals surface area contributed by atoms with Crippen molar-refractivity contribution in [2.75, 3.05) is 7.05 Å². The SMILES string of the molecule is CCC(C)(C)N(C)C(=O)c1cccc(C(N)=S)c1. The molecule has 0 aromatic heterocycles. The van der Waals surface area contributed by atoms with E-state index in [1.807, 2.05) is 27.0 Å². The monoisotopic (exact) mass is 264 g/mol. The lowest BCUT2D eigenvalue weighted by Gasteiger charge is -2.35. The molecule has 0 aliphatic rings. The van der Waals surface area contributed by atoms with Gasteiger partial charge in [0, 0.05) is 23.7 Å². The van der Waals surface area contributed by atoms with Crippen molar-refractivity contribution in [3.63, 3.8) is 0 Å². The molecular weight excluding hydrogens is 244 g/mol. The minimum Gasteiger partial charge on any atom is -0.389 e. The molecule has 2 N–H and O–H groups in total. The summed E-state index contributed by atoms with van der Waals surface area (Å²) in [6, 6.07) is 7.14. The Bertz CT molecular complexity index is 469. The van der Waals surface area contributed by atoms with Crippen LogP contribution in [0.2, 0.25) is 0 Å². The zero-order valence-electron chi connectivity index (χ0n) is 11.4. The fourth-order valence-corrected chi connectivity index (χ4v) is 1.64. The van der Waals surface area contributed by atoms with Crippen molar-refractivity contribution in [1.29, 1.82) is 0 Å². The van der Waals surface area contributed by atoms with Gasteiger partial charge in [-0.15, -0.1) is 0 Å². The first kappa shape index (κ1) is 14.6. The Morgan fingerprint density at radius 2 is 1.94 bits per heavy atom. The third-order valence-corrected chi connectivity index (χ3v) is 3.71. The normalized spacial score (nSPS) is 11.1. The van der Waals surface area contributed by atoms with Crippen LogP contribution in [0.1, 0.15) is 43.1 Å². The van der Waals surface area contributed by atoms with Crippen molar-refractivity contribution < 1.29 is 4.79 Å². The van der Waals surface area contributed by atoms with Crippen LogP contribution in [-0.2, 0) is 0 Å². The van der Waals surface area contributed by atoms with Crippen LogP contribution in [0.15, 0.2) is 24.3 Å². The summed E-state index contributed by atoms with van der Waals surface area (Å²) in [5.41, 5.74) is 6.74. The smallest absolute Gasteiger partial charge is 0.254 e. The largest absolute Gasteiger partial charge is 0.389 e. The van der Waals surface area contributed by atoms with E-state index in [1.54, 1.807) is 23.1 Å². The summed E-state index contributed by atoms with van der Waals surface area (Å²) >= 11 is 4.92. The van der Waals surface area contributed by atoms with E-state index < -0.39 is 0 Å². The lowest BCUT2D eigenvalue weighted by Crippen LogP contribution is -2.44. The Kier molecular flexibility index (Phi) is 4.46. The van der Waals surface area contributed by atoms with Gasteiger partial charge in [-0.25, -0.2) is 0 Å². The molecule has 0 bridgehead atoms. The van der Waals surface area contributed by atoms with Gasteiger partial charge >= 0.3 is 0 Å². The van der Waals surface area contributed by atoms with Crippen LogP contribution < -0.4 is 5.73 Å². The number of thiocarbonyl (C=S) groups is 1. The number of rotatable bonds is 4. The Morgan fingerprint density at radius 3 is 2.44 bits per heavy atom. The molecule has 1 rings (SSSR count). The van der Waals surface area contributed by atoms with Crippen molar-refractivity contribution in [1.82, 2.24) is 4.90 Å². The molecule has 0 aliphatic heterocycles. The average Bonchev–Trinajstić information content (AvgIpc) is 2.37. The van der Waals surface area contributed by atoms with Gasteiger partial charge in [-0.1, -0.05) is 31.3 Å². The number of carbonyl (C=O) groups excluding carboxylic acids is 1. The van der Waals surface area contributed by atoms with E-state index in [9.17, 15) is 4.79 Å². The van der Waals surface area contributed by atoms with Crippen LogP contribution in [0.4, 0.5) is 0 Å². The van der Waals surface area contributed by atoms with Crippen molar-refractivity contribution in [3.05, 3.63) is 35.4 Å². The number of nitrogens with zero attached hydrogens (tertiary/aromatic N) is 1. The Labute approximate surface area is 114 Å². The van der Waals surface area contributed by atoms with E-state index in [2.05, 4.69) is 6.92 Å². The number of amides is 1. The highest BCUT2D eigenvalue weighted by molar-refractivity contribution is 7.80. The summed E-state index contributed by atoms with van der Waals surface area (Å²) in [6.07, 6.45) is 0.893. The summed E-state index contributed by atoms with van der Waals surface area (Å²) in [4.78, 5) is 14.4. The number of nitrogens with two attached hydrogens (primary N) is 1. The highest BCUT2D eigenvalue weighted by Gasteiger charge is 2.26. The molecule has 1 aromatic carbocycles. The molecule has 0 saturated carbocycles. The first-order valence-corrected chi connectivity index (χ1v) is 6.38. The summed E-state index contributed by atoms with van der Waals surface area (Å²) in [7, 11) is 1.82. The third-order valence-electron chi connectivity index (χ3n) is 3.47. The summed E-state index contributed by atoms with van der Waals surface area (Å²) in [5, 5.41) is 0. The third kappa shape index (κ3) is 3.07. The van der Waals surface area contributed by atoms with Gasteiger partial charge in [0.2, 0.25) is 0 Å². The van der Waals surface area contributed by atoms with Crippen LogP contribution in [0.5, 0.6) is 0 Å². The molecule has 1 aromatic rings. The molecule has 18 heavy (non-hydrogen) atoms. The minimum atomic E-state index is -0.170. The molecule has 0 fully saturated rings. The standard InChI is InChI=1S/C14H20N2OS/c1-5-14(2,3)16(4)13(17)11-8-6-7-10(9-11)12(15)18/h6-9H,5H2,1-4H3,(H2,15,18). The molecule has 0 spiro atoms. The molecule has 0 saturated heterocycles. The first-order valence-electron chi connectivity index (χ1n) is 5.97. The van der Waals surface area contributed by atoms with E-state index in [0.29, 0.717) is 10.6 Å². The zero-order chi connectivity index (χ0) is 13.9. The second kappa shape index (κ2) is 5.48. The molecule has 1 amide bonds. The topological polar surface area (TPSA) is 46.3 Å². The molecule has 98 valence electrons. The fraction of sp³-hybridized carbons (Fsp3) is 0.429. The number of benzene rings is 1. The molecule has 3 nitrogen and oxygen atoms in total. The second-order valence-corrected chi connectivity index (χ2v) is 5.42. The van der Waals surface area contributed by atoms with E-state index in [4.69, 9.17) is 18.0 Å². The predicted octanol–water partition coefficient (Wildman–Crippen LogP) is 2.58. The van der Waals surface area contributed by atoms with Crippen LogP contribution in [0, 0.1) is 0 Å². The maximum atomic E-state index is 12.4. The van der Waals surface area contributed by atoms with E-state index in [0.717, 1.165) is 12.0 Å².